The Balaban J connectivity index is 1.93. The standard InChI is InChI=1S/C16H22O3/c1-9-6-10(2)15(14(7-9)18-3)16(17)12-8-11-4-5-13(12)19-11/h6-7,11-13,16-17H,4-5,8H2,1-3H3. The van der Waals surface area contributed by atoms with Gasteiger partial charge in [-0.2, -0.15) is 0 Å². The molecule has 2 heterocycles. The molecule has 2 aliphatic heterocycles. The lowest BCUT2D eigenvalue weighted by atomic mass is 9.81. The van der Waals surface area contributed by atoms with Gasteiger partial charge in [-0.05, 0) is 50.3 Å². The minimum atomic E-state index is -0.481. The molecule has 4 unspecified atom stereocenters. The summed E-state index contributed by atoms with van der Waals surface area (Å²) in [5.74, 6) is 1.02. The highest BCUT2D eigenvalue weighted by Gasteiger charge is 2.45. The Morgan fingerprint density at radius 3 is 2.68 bits per heavy atom. The van der Waals surface area contributed by atoms with Gasteiger partial charge in [0.25, 0.3) is 0 Å². The number of aliphatic hydroxyl groups excluding tert-OH is 1. The predicted molar refractivity (Wildman–Crippen MR) is 73.4 cm³/mol. The van der Waals surface area contributed by atoms with Crippen LogP contribution in [0.25, 0.3) is 0 Å². The summed E-state index contributed by atoms with van der Waals surface area (Å²) in [4.78, 5) is 0. The average Bonchev–Trinajstić information content (AvgIpc) is 2.99. The number of methoxy groups -OCH3 is 1. The second kappa shape index (κ2) is 4.80. The first-order valence-electron chi connectivity index (χ1n) is 7.09. The number of hydrogen-bond acceptors (Lipinski definition) is 3. The lowest BCUT2D eigenvalue weighted by Gasteiger charge is -2.27. The highest BCUT2D eigenvalue weighted by atomic mass is 16.5. The van der Waals surface area contributed by atoms with Crippen LogP contribution in [0.5, 0.6) is 5.75 Å². The van der Waals surface area contributed by atoms with E-state index >= 15 is 0 Å². The Bertz CT molecular complexity index is 483. The van der Waals surface area contributed by atoms with Gasteiger partial charge in [0.2, 0.25) is 0 Å². The van der Waals surface area contributed by atoms with Crippen LogP contribution in [0, 0.1) is 19.8 Å². The molecule has 1 aromatic carbocycles. The van der Waals surface area contributed by atoms with Crippen LogP contribution < -0.4 is 4.74 Å². The van der Waals surface area contributed by atoms with Crippen molar-refractivity contribution in [2.45, 2.75) is 51.4 Å². The summed E-state index contributed by atoms with van der Waals surface area (Å²) in [7, 11) is 1.67. The molecule has 1 aromatic rings. The highest BCUT2D eigenvalue weighted by Crippen LogP contribution is 2.46. The molecule has 0 saturated carbocycles. The van der Waals surface area contributed by atoms with Crippen molar-refractivity contribution in [1.29, 1.82) is 0 Å². The summed E-state index contributed by atoms with van der Waals surface area (Å²) in [6, 6.07) is 4.11. The summed E-state index contributed by atoms with van der Waals surface area (Å²) >= 11 is 0. The van der Waals surface area contributed by atoms with Gasteiger partial charge in [-0.1, -0.05) is 6.07 Å². The molecule has 2 aliphatic rings. The first kappa shape index (κ1) is 12.9. The molecular weight excluding hydrogens is 240 g/mol. The molecule has 0 aromatic heterocycles. The monoisotopic (exact) mass is 262 g/mol. The normalized spacial score (nSPS) is 30.6. The van der Waals surface area contributed by atoms with Gasteiger partial charge < -0.3 is 14.6 Å². The maximum atomic E-state index is 10.8. The van der Waals surface area contributed by atoms with Crippen molar-refractivity contribution in [1.82, 2.24) is 0 Å². The van der Waals surface area contributed by atoms with Crippen LogP contribution in [-0.4, -0.2) is 24.4 Å². The molecule has 2 saturated heterocycles. The Morgan fingerprint density at radius 2 is 2.11 bits per heavy atom. The van der Waals surface area contributed by atoms with Crippen LogP contribution in [-0.2, 0) is 4.74 Å². The molecule has 0 amide bonds. The molecule has 3 nitrogen and oxygen atoms in total. The molecule has 0 spiro atoms. The zero-order chi connectivity index (χ0) is 13.6. The number of benzene rings is 1. The smallest absolute Gasteiger partial charge is 0.125 e. The molecule has 0 aliphatic carbocycles. The van der Waals surface area contributed by atoms with Crippen molar-refractivity contribution in [3.8, 4) is 5.75 Å². The number of hydrogen-bond donors (Lipinski definition) is 1. The molecule has 19 heavy (non-hydrogen) atoms. The first-order chi connectivity index (χ1) is 9.10. The second-order valence-electron chi connectivity index (χ2n) is 5.92. The lowest BCUT2D eigenvalue weighted by Crippen LogP contribution is -2.24. The molecule has 4 atom stereocenters. The molecule has 2 fully saturated rings. The number of rotatable bonds is 3. The lowest BCUT2D eigenvalue weighted by molar-refractivity contribution is 0.0409. The van der Waals surface area contributed by atoms with Crippen LogP contribution >= 0.6 is 0 Å². The Morgan fingerprint density at radius 1 is 1.32 bits per heavy atom. The SMILES string of the molecule is COc1cc(C)cc(C)c1C(O)C1CC2CCC1O2. The van der Waals surface area contributed by atoms with Crippen LogP contribution in [0.4, 0.5) is 0 Å². The minimum absolute atomic E-state index is 0.217. The van der Waals surface area contributed by atoms with E-state index in [0.29, 0.717) is 6.10 Å². The molecular formula is C16H22O3. The summed E-state index contributed by atoms with van der Waals surface area (Å²) in [5.41, 5.74) is 3.20. The van der Waals surface area contributed by atoms with E-state index in [1.165, 1.54) is 0 Å². The van der Waals surface area contributed by atoms with E-state index in [2.05, 4.69) is 6.07 Å². The highest BCUT2D eigenvalue weighted by molar-refractivity contribution is 5.45. The fourth-order valence-electron chi connectivity index (χ4n) is 3.71. The fourth-order valence-corrected chi connectivity index (χ4v) is 3.71. The van der Waals surface area contributed by atoms with Crippen molar-refractivity contribution in [3.63, 3.8) is 0 Å². The first-order valence-corrected chi connectivity index (χ1v) is 7.09. The van der Waals surface area contributed by atoms with Gasteiger partial charge >= 0.3 is 0 Å². The summed E-state index contributed by atoms with van der Waals surface area (Å²) in [6.07, 6.45) is 3.32. The van der Waals surface area contributed by atoms with Gasteiger partial charge in [0.15, 0.2) is 0 Å². The molecule has 3 rings (SSSR count). The number of aliphatic hydroxyl groups is 1. The largest absolute Gasteiger partial charge is 0.496 e. The third-order valence-electron chi connectivity index (χ3n) is 4.57. The number of ether oxygens (including phenoxy) is 2. The summed E-state index contributed by atoms with van der Waals surface area (Å²) in [5, 5.41) is 10.8. The van der Waals surface area contributed by atoms with Crippen molar-refractivity contribution >= 4 is 0 Å². The van der Waals surface area contributed by atoms with E-state index < -0.39 is 6.10 Å². The molecule has 2 bridgehead atoms. The molecule has 0 radical (unpaired) electrons. The topological polar surface area (TPSA) is 38.7 Å². The van der Waals surface area contributed by atoms with E-state index in [1.807, 2.05) is 19.9 Å². The Hall–Kier alpha value is -1.06. The van der Waals surface area contributed by atoms with Gasteiger partial charge in [-0.3, -0.25) is 0 Å². The van der Waals surface area contributed by atoms with Gasteiger partial charge in [0.05, 0.1) is 25.4 Å². The van der Waals surface area contributed by atoms with E-state index in [4.69, 9.17) is 9.47 Å². The van der Waals surface area contributed by atoms with Gasteiger partial charge in [-0.15, -0.1) is 0 Å². The summed E-state index contributed by atoms with van der Waals surface area (Å²) in [6.45, 7) is 4.09. The third kappa shape index (κ3) is 2.15. The van der Waals surface area contributed by atoms with E-state index in [1.54, 1.807) is 7.11 Å². The van der Waals surface area contributed by atoms with E-state index in [-0.39, 0.29) is 12.0 Å². The van der Waals surface area contributed by atoms with Crippen molar-refractivity contribution in [3.05, 3.63) is 28.8 Å². The van der Waals surface area contributed by atoms with E-state index in [0.717, 1.165) is 41.7 Å². The predicted octanol–water partition coefficient (Wildman–Crippen LogP) is 2.91. The zero-order valence-corrected chi connectivity index (χ0v) is 11.8. The van der Waals surface area contributed by atoms with E-state index in [9.17, 15) is 5.11 Å². The molecule has 3 heteroatoms. The Labute approximate surface area is 114 Å². The van der Waals surface area contributed by atoms with Crippen LogP contribution in [0.1, 0.15) is 42.1 Å². The minimum Gasteiger partial charge on any atom is -0.496 e. The quantitative estimate of drug-likeness (QED) is 0.910. The number of aryl methyl sites for hydroxylation is 2. The maximum Gasteiger partial charge on any atom is 0.125 e. The molecule has 1 N–H and O–H groups in total. The Kier molecular flexibility index (Phi) is 3.27. The zero-order valence-electron chi connectivity index (χ0n) is 11.8. The number of fused-ring (bicyclic) bond motifs is 2. The third-order valence-corrected chi connectivity index (χ3v) is 4.57. The molecule has 104 valence electrons. The van der Waals surface area contributed by atoms with Crippen LogP contribution in [0.15, 0.2) is 12.1 Å². The fraction of sp³-hybridized carbons (Fsp3) is 0.625. The second-order valence-corrected chi connectivity index (χ2v) is 5.92. The van der Waals surface area contributed by atoms with Gasteiger partial charge in [-0.25, -0.2) is 0 Å². The van der Waals surface area contributed by atoms with Crippen molar-refractivity contribution < 1.29 is 14.6 Å². The van der Waals surface area contributed by atoms with Gasteiger partial charge in [0, 0.05) is 11.5 Å². The maximum absolute atomic E-state index is 10.8. The average molecular weight is 262 g/mol. The van der Waals surface area contributed by atoms with Crippen LogP contribution in [0.3, 0.4) is 0 Å². The van der Waals surface area contributed by atoms with Crippen LogP contribution in [0.2, 0.25) is 0 Å². The van der Waals surface area contributed by atoms with Gasteiger partial charge in [0.1, 0.15) is 5.75 Å². The van der Waals surface area contributed by atoms with Crippen molar-refractivity contribution in [2.24, 2.45) is 5.92 Å². The van der Waals surface area contributed by atoms with Crippen molar-refractivity contribution in [2.75, 3.05) is 7.11 Å². The summed E-state index contributed by atoms with van der Waals surface area (Å²) < 4.78 is 11.3.